The van der Waals surface area contributed by atoms with Crippen molar-refractivity contribution in [2.75, 3.05) is 26.2 Å². The predicted octanol–water partition coefficient (Wildman–Crippen LogP) is 1.61. The fourth-order valence-corrected chi connectivity index (χ4v) is 3.04. The van der Waals surface area contributed by atoms with Crippen molar-refractivity contribution in [3.63, 3.8) is 0 Å². The van der Waals surface area contributed by atoms with Crippen LogP contribution in [0.4, 0.5) is 0 Å². The van der Waals surface area contributed by atoms with E-state index in [-0.39, 0.29) is 0 Å². The normalized spacial score (nSPS) is 25.1. The molecule has 0 aromatic carbocycles. The minimum Gasteiger partial charge on any atom is -0.396 e. The number of likely N-dealkylation sites (tertiary alicyclic amines) is 1. The standard InChI is InChI=1S/C14H28N2O/c1-2-8-16-9-5-13(6-10-16)15-14(7-11-17)12-3-4-12/h12-15,17H,2-11H2,1H3. The molecule has 2 fully saturated rings. The van der Waals surface area contributed by atoms with Gasteiger partial charge in [-0.1, -0.05) is 6.92 Å². The van der Waals surface area contributed by atoms with Gasteiger partial charge in [0, 0.05) is 18.7 Å². The van der Waals surface area contributed by atoms with E-state index in [0.29, 0.717) is 18.7 Å². The first-order valence-corrected chi connectivity index (χ1v) is 7.42. The summed E-state index contributed by atoms with van der Waals surface area (Å²) in [4.78, 5) is 2.58. The van der Waals surface area contributed by atoms with Crippen LogP contribution in [-0.4, -0.2) is 48.3 Å². The summed E-state index contributed by atoms with van der Waals surface area (Å²) in [7, 11) is 0. The summed E-state index contributed by atoms with van der Waals surface area (Å²) < 4.78 is 0. The lowest BCUT2D eigenvalue weighted by Crippen LogP contribution is -2.47. The lowest BCUT2D eigenvalue weighted by atomic mass is 10.0. The lowest BCUT2D eigenvalue weighted by Gasteiger charge is -2.34. The number of piperidine rings is 1. The minimum absolute atomic E-state index is 0.336. The van der Waals surface area contributed by atoms with Gasteiger partial charge in [0.1, 0.15) is 0 Å². The maximum Gasteiger partial charge on any atom is 0.0445 e. The fraction of sp³-hybridized carbons (Fsp3) is 1.00. The molecule has 0 bridgehead atoms. The van der Waals surface area contributed by atoms with Crippen molar-refractivity contribution >= 4 is 0 Å². The van der Waals surface area contributed by atoms with Crippen molar-refractivity contribution in [2.45, 2.75) is 57.5 Å². The van der Waals surface area contributed by atoms with Crippen LogP contribution in [0.2, 0.25) is 0 Å². The molecule has 1 unspecified atom stereocenters. The van der Waals surface area contributed by atoms with Gasteiger partial charge in [-0.05, 0) is 64.1 Å². The summed E-state index contributed by atoms with van der Waals surface area (Å²) in [6, 6.07) is 1.28. The van der Waals surface area contributed by atoms with Crippen LogP contribution in [0, 0.1) is 5.92 Å². The zero-order valence-corrected chi connectivity index (χ0v) is 11.2. The van der Waals surface area contributed by atoms with Crippen LogP contribution in [0.5, 0.6) is 0 Å². The van der Waals surface area contributed by atoms with Crippen molar-refractivity contribution in [3.8, 4) is 0 Å². The molecular weight excluding hydrogens is 212 g/mol. The second kappa shape index (κ2) is 6.72. The first-order valence-electron chi connectivity index (χ1n) is 7.42. The highest BCUT2D eigenvalue weighted by Crippen LogP contribution is 2.34. The highest BCUT2D eigenvalue weighted by Gasteiger charge is 2.32. The SMILES string of the molecule is CCCN1CCC(NC(CCO)C2CC2)CC1. The molecule has 1 saturated heterocycles. The lowest BCUT2D eigenvalue weighted by molar-refractivity contribution is 0.179. The van der Waals surface area contributed by atoms with E-state index in [1.54, 1.807) is 0 Å². The molecule has 1 aliphatic carbocycles. The predicted molar refractivity (Wildman–Crippen MR) is 71.1 cm³/mol. The number of aliphatic hydroxyl groups is 1. The van der Waals surface area contributed by atoms with Gasteiger partial charge >= 0.3 is 0 Å². The van der Waals surface area contributed by atoms with E-state index in [9.17, 15) is 0 Å². The van der Waals surface area contributed by atoms with Crippen LogP contribution in [-0.2, 0) is 0 Å². The van der Waals surface area contributed by atoms with Crippen LogP contribution in [0.25, 0.3) is 0 Å². The highest BCUT2D eigenvalue weighted by atomic mass is 16.3. The third-order valence-corrected chi connectivity index (χ3v) is 4.21. The third kappa shape index (κ3) is 4.23. The molecule has 2 aliphatic rings. The Kier molecular flexibility index (Phi) is 5.26. The number of aliphatic hydroxyl groups excluding tert-OH is 1. The molecule has 1 atom stereocenters. The molecule has 2 rings (SSSR count). The zero-order valence-electron chi connectivity index (χ0n) is 11.2. The first-order chi connectivity index (χ1) is 8.33. The van der Waals surface area contributed by atoms with Gasteiger partial charge in [0.25, 0.3) is 0 Å². The zero-order chi connectivity index (χ0) is 12.1. The summed E-state index contributed by atoms with van der Waals surface area (Å²) in [5.41, 5.74) is 0. The van der Waals surface area contributed by atoms with E-state index in [1.807, 2.05) is 0 Å². The Morgan fingerprint density at radius 2 is 1.94 bits per heavy atom. The Balaban J connectivity index is 1.68. The third-order valence-electron chi connectivity index (χ3n) is 4.21. The average molecular weight is 240 g/mol. The van der Waals surface area contributed by atoms with Crippen LogP contribution >= 0.6 is 0 Å². The molecule has 0 amide bonds. The van der Waals surface area contributed by atoms with Crippen molar-refractivity contribution in [3.05, 3.63) is 0 Å². The van der Waals surface area contributed by atoms with Crippen molar-refractivity contribution in [2.24, 2.45) is 5.92 Å². The Labute approximate surface area is 106 Å². The Bertz CT molecular complexity index is 210. The molecule has 17 heavy (non-hydrogen) atoms. The minimum atomic E-state index is 0.336. The van der Waals surface area contributed by atoms with E-state index < -0.39 is 0 Å². The van der Waals surface area contributed by atoms with E-state index in [2.05, 4.69) is 17.1 Å². The largest absolute Gasteiger partial charge is 0.396 e. The van der Waals surface area contributed by atoms with E-state index in [1.165, 1.54) is 51.7 Å². The summed E-state index contributed by atoms with van der Waals surface area (Å²) >= 11 is 0. The molecule has 0 aromatic heterocycles. The second-order valence-electron chi connectivity index (χ2n) is 5.74. The maximum atomic E-state index is 9.11. The second-order valence-corrected chi connectivity index (χ2v) is 5.74. The van der Waals surface area contributed by atoms with Crippen molar-refractivity contribution in [1.29, 1.82) is 0 Å². The average Bonchev–Trinajstić information content (AvgIpc) is 3.15. The van der Waals surface area contributed by atoms with Crippen LogP contribution in [0.1, 0.15) is 45.4 Å². The van der Waals surface area contributed by atoms with Gasteiger partial charge in [-0.25, -0.2) is 0 Å². The van der Waals surface area contributed by atoms with Crippen LogP contribution in [0.3, 0.4) is 0 Å². The Morgan fingerprint density at radius 3 is 2.47 bits per heavy atom. The Morgan fingerprint density at radius 1 is 1.24 bits per heavy atom. The molecule has 3 nitrogen and oxygen atoms in total. The number of rotatable bonds is 7. The van der Waals surface area contributed by atoms with E-state index >= 15 is 0 Å². The molecule has 0 spiro atoms. The van der Waals surface area contributed by atoms with E-state index in [4.69, 9.17) is 5.11 Å². The molecule has 0 aromatic rings. The summed E-state index contributed by atoms with van der Waals surface area (Å²) in [6.45, 7) is 6.36. The van der Waals surface area contributed by atoms with Gasteiger partial charge in [-0.3, -0.25) is 0 Å². The number of nitrogens with one attached hydrogen (secondary N) is 1. The van der Waals surface area contributed by atoms with Gasteiger partial charge in [-0.2, -0.15) is 0 Å². The highest BCUT2D eigenvalue weighted by molar-refractivity contribution is 4.89. The van der Waals surface area contributed by atoms with Crippen LogP contribution < -0.4 is 5.32 Å². The van der Waals surface area contributed by atoms with Gasteiger partial charge in [0.2, 0.25) is 0 Å². The molecule has 100 valence electrons. The number of hydrogen-bond acceptors (Lipinski definition) is 3. The van der Waals surface area contributed by atoms with Gasteiger partial charge in [-0.15, -0.1) is 0 Å². The molecule has 0 radical (unpaired) electrons. The molecule has 1 heterocycles. The monoisotopic (exact) mass is 240 g/mol. The summed E-state index contributed by atoms with van der Waals surface area (Å²) in [5.74, 6) is 0.857. The number of hydrogen-bond donors (Lipinski definition) is 2. The quantitative estimate of drug-likeness (QED) is 0.710. The number of nitrogens with zero attached hydrogens (tertiary/aromatic N) is 1. The molecule has 3 heteroatoms. The van der Waals surface area contributed by atoms with Gasteiger partial charge in [0.05, 0.1) is 0 Å². The maximum absolute atomic E-state index is 9.11. The molecule has 1 aliphatic heterocycles. The Hall–Kier alpha value is -0.120. The summed E-state index contributed by atoms with van der Waals surface area (Å²) in [6.07, 6.45) is 7.52. The topological polar surface area (TPSA) is 35.5 Å². The van der Waals surface area contributed by atoms with Gasteiger partial charge in [0.15, 0.2) is 0 Å². The first kappa shape index (κ1) is 13.3. The van der Waals surface area contributed by atoms with Gasteiger partial charge < -0.3 is 15.3 Å². The molecular formula is C14H28N2O. The van der Waals surface area contributed by atoms with Crippen LogP contribution in [0.15, 0.2) is 0 Å². The summed E-state index contributed by atoms with van der Waals surface area (Å²) in [5, 5.41) is 12.9. The van der Waals surface area contributed by atoms with Crippen molar-refractivity contribution < 1.29 is 5.11 Å². The van der Waals surface area contributed by atoms with E-state index in [0.717, 1.165) is 12.3 Å². The van der Waals surface area contributed by atoms with Crippen molar-refractivity contribution in [1.82, 2.24) is 10.2 Å². The molecule has 1 saturated carbocycles. The molecule has 2 N–H and O–H groups in total. The smallest absolute Gasteiger partial charge is 0.0445 e. The fourth-order valence-electron chi connectivity index (χ4n) is 3.04.